The lowest BCUT2D eigenvalue weighted by Crippen LogP contribution is -2.21. The molecule has 0 radical (unpaired) electrons. The van der Waals surface area contributed by atoms with Crippen molar-refractivity contribution in [1.82, 2.24) is 0 Å². The number of sulfone groups is 1. The van der Waals surface area contributed by atoms with Gasteiger partial charge in [-0.25, -0.2) is 8.42 Å². The van der Waals surface area contributed by atoms with Crippen molar-refractivity contribution in [1.29, 1.82) is 0 Å². The minimum atomic E-state index is -2.89. The summed E-state index contributed by atoms with van der Waals surface area (Å²) in [6.07, 6.45) is 1.45. The second-order valence-electron chi connectivity index (χ2n) is 4.42. The zero-order chi connectivity index (χ0) is 13.6. The zero-order valence-corrected chi connectivity index (χ0v) is 13.0. The van der Waals surface area contributed by atoms with E-state index in [4.69, 9.17) is 5.73 Å². The highest BCUT2D eigenvalue weighted by Gasteiger charge is 2.14. The fourth-order valence-electron chi connectivity index (χ4n) is 1.77. The first-order valence-electron chi connectivity index (χ1n) is 6.12. The minimum Gasteiger partial charge on any atom is -0.330 e. The van der Waals surface area contributed by atoms with E-state index in [1.165, 1.54) is 5.56 Å². The Hall–Kier alpha value is -0.390. The summed E-state index contributed by atoms with van der Waals surface area (Å²) in [6, 6.07) is 7.98. The molecule has 1 atom stereocenters. The SMILES string of the molecule is CCS(=O)(=O)CCC(CN)Cc1ccccc1Br. The molecule has 3 nitrogen and oxygen atoms in total. The largest absolute Gasteiger partial charge is 0.330 e. The molecule has 0 bridgehead atoms. The van der Waals surface area contributed by atoms with Gasteiger partial charge in [-0.1, -0.05) is 41.1 Å². The van der Waals surface area contributed by atoms with Gasteiger partial charge in [0, 0.05) is 10.2 Å². The molecule has 0 heterocycles. The van der Waals surface area contributed by atoms with E-state index < -0.39 is 9.84 Å². The van der Waals surface area contributed by atoms with Gasteiger partial charge in [0.05, 0.1) is 5.75 Å². The lowest BCUT2D eigenvalue weighted by atomic mass is 9.97. The van der Waals surface area contributed by atoms with Crippen molar-refractivity contribution in [3.63, 3.8) is 0 Å². The highest BCUT2D eigenvalue weighted by Crippen LogP contribution is 2.20. The molecule has 1 aromatic rings. The third-order valence-electron chi connectivity index (χ3n) is 3.08. The Morgan fingerprint density at radius 1 is 1.33 bits per heavy atom. The highest BCUT2D eigenvalue weighted by atomic mass is 79.9. The molecule has 0 aliphatic carbocycles. The van der Waals surface area contributed by atoms with Gasteiger partial charge in [-0.3, -0.25) is 0 Å². The minimum absolute atomic E-state index is 0.208. The van der Waals surface area contributed by atoms with E-state index in [2.05, 4.69) is 15.9 Å². The Kier molecular flexibility index (Phi) is 6.32. The van der Waals surface area contributed by atoms with Crippen LogP contribution in [0, 0.1) is 5.92 Å². The molecule has 0 aliphatic heterocycles. The Bertz CT molecular complexity index is 474. The van der Waals surface area contributed by atoms with E-state index in [9.17, 15) is 8.42 Å². The van der Waals surface area contributed by atoms with Gasteiger partial charge in [0.15, 0.2) is 0 Å². The molecule has 18 heavy (non-hydrogen) atoms. The first kappa shape index (κ1) is 15.7. The van der Waals surface area contributed by atoms with E-state index in [0.717, 1.165) is 10.9 Å². The maximum Gasteiger partial charge on any atom is 0.150 e. The van der Waals surface area contributed by atoms with Gasteiger partial charge in [0.2, 0.25) is 0 Å². The first-order chi connectivity index (χ1) is 8.48. The van der Waals surface area contributed by atoms with Crippen molar-refractivity contribution in [2.75, 3.05) is 18.1 Å². The molecule has 1 rings (SSSR count). The molecule has 102 valence electrons. The van der Waals surface area contributed by atoms with E-state index in [1.54, 1.807) is 6.92 Å². The van der Waals surface area contributed by atoms with Crippen LogP contribution in [0.5, 0.6) is 0 Å². The fraction of sp³-hybridized carbons (Fsp3) is 0.538. The second-order valence-corrected chi connectivity index (χ2v) is 7.75. The quantitative estimate of drug-likeness (QED) is 0.833. The predicted octanol–water partition coefficient (Wildman–Crippen LogP) is 2.39. The van der Waals surface area contributed by atoms with Gasteiger partial charge >= 0.3 is 0 Å². The van der Waals surface area contributed by atoms with Gasteiger partial charge in [-0.05, 0) is 36.9 Å². The summed E-state index contributed by atoms with van der Waals surface area (Å²) in [7, 11) is -2.89. The third kappa shape index (κ3) is 5.08. The van der Waals surface area contributed by atoms with Crippen LogP contribution in [0.15, 0.2) is 28.7 Å². The molecule has 1 aromatic carbocycles. The molecule has 0 saturated carbocycles. The van der Waals surface area contributed by atoms with Crippen molar-refractivity contribution < 1.29 is 8.42 Å². The molecule has 0 aromatic heterocycles. The number of benzene rings is 1. The van der Waals surface area contributed by atoms with Crippen LogP contribution >= 0.6 is 15.9 Å². The molecule has 5 heteroatoms. The van der Waals surface area contributed by atoms with Gasteiger partial charge in [0.1, 0.15) is 9.84 Å². The summed E-state index contributed by atoms with van der Waals surface area (Å²) >= 11 is 3.50. The summed E-state index contributed by atoms with van der Waals surface area (Å²) < 4.78 is 24.0. The summed E-state index contributed by atoms with van der Waals surface area (Å²) in [5.41, 5.74) is 6.91. The van der Waals surface area contributed by atoms with Crippen molar-refractivity contribution in [3.05, 3.63) is 34.3 Å². The molecule has 0 fully saturated rings. The number of hydrogen-bond donors (Lipinski definition) is 1. The molecular formula is C13H20BrNO2S. The summed E-state index contributed by atoms with van der Waals surface area (Å²) in [4.78, 5) is 0. The van der Waals surface area contributed by atoms with Crippen LogP contribution in [0.2, 0.25) is 0 Å². The lowest BCUT2D eigenvalue weighted by Gasteiger charge is -2.15. The Balaban J connectivity index is 2.61. The van der Waals surface area contributed by atoms with Crippen LogP contribution in [0.4, 0.5) is 0 Å². The smallest absolute Gasteiger partial charge is 0.150 e. The van der Waals surface area contributed by atoms with Gasteiger partial charge in [-0.2, -0.15) is 0 Å². The molecule has 0 saturated heterocycles. The highest BCUT2D eigenvalue weighted by molar-refractivity contribution is 9.10. The van der Waals surface area contributed by atoms with Crippen LogP contribution in [0.3, 0.4) is 0 Å². The van der Waals surface area contributed by atoms with Crippen molar-refractivity contribution in [3.8, 4) is 0 Å². The second kappa shape index (κ2) is 7.26. The molecule has 0 amide bonds. The summed E-state index contributed by atoms with van der Waals surface area (Å²) in [5.74, 6) is 0.653. The number of rotatable bonds is 7. The molecule has 1 unspecified atom stereocenters. The molecule has 0 spiro atoms. The zero-order valence-electron chi connectivity index (χ0n) is 10.6. The Labute approximate surface area is 118 Å². The van der Waals surface area contributed by atoms with E-state index >= 15 is 0 Å². The van der Waals surface area contributed by atoms with Gasteiger partial charge < -0.3 is 5.73 Å². The Morgan fingerprint density at radius 2 is 2.00 bits per heavy atom. The summed E-state index contributed by atoms with van der Waals surface area (Å²) in [5, 5.41) is 0. The van der Waals surface area contributed by atoms with Crippen molar-refractivity contribution in [2.45, 2.75) is 19.8 Å². The van der Waals surface area contributed by atoms with Crippen molar-refractivity contribution in [2.24, 2.45) is 11.7 Å². The average Bonchev–Trinajstić information content (AvgIpc) is 2.36. The average molecular weight is 334 g/mol. The first-order valence-corrected chi connectivity index (χ1v) is 8.74. The number of nitrogens with two attached hydrogens (primary N) is 1. The maximum atomic E-state index is 11.5. The third-order valence-corrected chi connectivity index (χ3v) is 5.59. The Morgan fingerprint density at radius 3 is 2.56 bits per heavy atom. The molecule has 0 aliphatic rings. The van der Waals surface area contributed by atoms with Crippen LogP contribution in [-0.2, 0) is 16.3 Å². The molecular weight excluding hydrogens is 314 g/mol. The fourth-order valence-corrected chi connectivity index (χ4v) is 3.20. The van der Waals surface area contributed by atoms with E-state index in [1.807, 2.05) is 24.3 Å². The van der Waals surface area contributed by atoms with E-state index in [0.29, 0.717) is 13.0 Å². The van der Waals surface area contributed by atoms with Gasteiger partial charge in [-0.15, -0.1) is 0 Å². The van der Waals surface area contributed by atoms with E-state index in [-0.39, 0.29) is 17.4 Å². The van der Waals surface area contributed by atoms with Crippen LogP contribution < -0.4 is 5.73 Å². The number of halogens is 1. The van der Waals surface area contributed by atoms with Crippen molar-refractivity contribution >= 4 is 25.8 Å². The number of hydrogen-bond acceptors (Lipinski definition) is 3. The van der Waals surface area contributed by atoms with Crippen LogP contribution in [0.1, 0.15) is 18.9 Å². The van der Waals surface area contributed by atoms with Crippen LogP contribution in [-0.4, -0.2) is 26.5 Å². The predicted molar refractivity (Wildman–Crippen MR) is 79.3 cm³/mol. The van der Waals surface area contributed by atoms with Crippen LogP contribution in [0.25, 0.3) is 0 Å². The standard InChI is InChI=1S/C13H20BrNO2S/c1-2-18(16,17)8-7-11(10-15)9-12-5-3-4-6-13(12)14/h3-6,11H,2,7-10,15H2,1H3. The summed E-state index contributed by atoms with van der Waals surface area (Å²) in [6.45, 7) is 2.20. The maximum absolute atomic E-state index is 11.5. The topological polar surface area (TPSA) is 60.2 Å². The van der Waals surface area contributed by atoms with Gasteiger partial charge in [0.25, 0.3) is 0 Å². The normalized spacial score (nSPS) is 13.5. The monoisotopic (exact) mass is 333 g/mol. The lowest BCUT2D eigenvalue weighted by molar-refractivity contribution is 0.511. The molecule has 2 N–H and O–H groups in total.